The molecule has 0 bridgehead atoms. The number of hydrogen-bond donors (Lipinski definition) is 1. The molecule has 2 heterocycles. The first kappa shape index (κ1) is 11.5. The molecule has 0 saturated heterocycles. The normalized spacial score (nSPS) is 10.7. The van der Waals surface area contributed by atoms with Crippen molar-refractivity contribution in [3.63, 3.8) is 0 Å². The number of nitrogens with zero attached hydrogens (tertiary/aromatic N) is 4. The van der Waals surface area contributed by atoms with Crippen molar-refractivity contribution in [3.8, 4) is 10.6 Å². The van der Waals surface area contributed by atoms with Crippen LogP contribution in [0.2, 0.25) is 0 Å². The summed E-state index contributed by atoms with van der Waals surface area (Å²) in [5, 5.41) is 20.9. The number of fused-ring (bicyclic) bond motifs is 1. The third-order valence-electron chi connectivity index (χ3n) is 2.46. The topological polar surface area (TPSA) is 97.4 Å². The van der Waals surface area contributed by atoms with Crippen molar-refractivity contribution in [2.24, 2.45) is 0 Å². The minimum atomic E-state index is -0.988. The minimum Gasteiger partial charge on any atom is -0.478 e. The number of carboxylic acid groups (broad SMARTS) is 1. The van der Waals surface area contributed by atoms with Crippen molar-refractivity contribution in [3.05, 3.63) is 46.4 Å². The van der Waals surface area contributed by atoms with Gasteiger partial charge < -0.3 is 5.11 Å². The van der Waals surface area contributed by atoms with Crippen LogP contribution >= 0.6 is 11.3 Å². The molecule has 7 nitrogen and oxygen atoms in total. The predicted octanol–water partition coefficient (Wildman–Crippen LogP) is 0.911. The van der Waals surface area contributed by atoms with Crippen LogP contribution < -0.4 is 5.56 Å². The molecule has 0 amide bonds. The number of aromatic carboxylic acids is 1. The molecular weight excluding hydrogens is 268 g/mol. The molecule has 0 atom stereocenters. The second-order valence-corrected chi connectivity index (χ2v) is 4.62. The molecule has 1 N–H and O–H groups in total. The first-order chi connectivity index (χ1) is 9.15. The SMILES string of the molecule is O=C(O)c1ccc(-c2nn3c(=O)cnnc3s2)cc1. The smallest absolute Gasteiger partial charge is 0.335 e. The van der Waals surface area contributed by atoms with Crippen molar-refractivity contribution in [1.29, 1.82) is 0 Å². The van der Waals surface area contributed by atoms with Gasteiger partial charge in [-0.05, 0) is 12.1 Å². The van der Waals surface area contributed by atoms with Gasteiger partial charge in [0.1, 0.15) is 11.2 Å². The number of hydrogen-bond acceptors (Lipinski definition) is 6. The van der Waals surface area contributed by atoms with E-state index in [2.05, 4.69) is 15.3 Å². The summed E-state index contributed by atoms with van der Waals surface area (Å²) in [4.78, 5) is 22.6. The van der Waals surface area contributed by atoms with Crippen LogP contribution in [0.5, 0.6) is 0 Å². The Bertz CT molecular complexity index is 822. The highest BCUT2D eigenvalue weighted by molar-refractivity contribution is 7.19. The van der Waals surface area contributed by atoms with E-state index in [-0.39, 0.29) is 11.1 Å². The summed E-state index contributed by atoms with van der Waals surface area (Å²) < 4.78 is 1.16. The van der Waals surface area contributed by atoms with E-state index in [0.717, 1.165) is 16.3 Å². The van der Waals surface area contributed by atoms with Gasteiger partial charge in [-0.2, -0.15) is 14.7 Å². The highest BCUT2D eigenvalue weighted by Crippen LogP contribution is 2.23. The van der Waals surface area contributed by atoms with Gasteiger partial charge in [-0.25, -0.2) is 4.79 Å². The maximum absolute atomic E-state index is 11.5. The highest BCUT2D eigenvalue weighted by Gasteiger charge is 2.09. The molecule has 3 rings (SSSR count). The van der Waals surface area contributed by atoms with Gasteiger partial charge in [0.2, 0.25) is 4.96 Å². The Morgan fingerprint density at radius 2 is 2.00 bits per heavy atom. The van der Waals surface area contributed by atoms with Crippen LogP contribution in [0.4, 0.5) is 0 Å². The molecule has 0 radical (unpaired) electrons. The summed E-state index contributed by atoms with van der Waals surface area (Å²) in [6, 6.07) is 6.25. The van der Waals surface area contributed by atoms with Crippen LogP contribution in [-0.4, -0.2) is 30.9 Å². The summed E-state index contributed by atoms with van der Waals surface area (Å²) in [6.07, 6.45) is 1.09. The lowest BCUT2D eigenvalue weighted by Gasteiger charge is -1.96. The van der Waals surface area contributed by atoms with Crippen molar-refractivity contribution >= 4 is 22.3 Å². The predicted molar refractivity (Wildman–Crippen MR) is 67.3 cm³/mol. The van der Waals surface area contributed by atoms with Gasteiger partial charge in [0, 0.05) is 5.56 Å². The van der Waals surface area contributed by atoms with Crippen LogP contribution in [-0.2, 0) is 0 Å². The van der Waals surface area contributed by atoms with E-state index < -0.39 is 5.97 Å². The first-order valence-corrected chi connectivity index (χ1v) is 6.02. The van der Waals surface area contributed by atoms with E-state index in [1.54, 1.807) is 12.1 Å². The van der Waals surface area contributed by atoms with E-state index >= 15 is 0 Å². The molecular formula is C11H6N4O3S. The van der Waals surface area contributed by atoms with Gasteiger partial charge in [-0.1, -0.05) is 23.5 Å². The lowest BCUT2D eigenvalue weighted by atomic mass is 10.1. The number of carbonyl (C=O) groups is 1. The Labute approximate surface area is 109 Å². The molecule has 3 aromatic rings. The molecule has 0 saturated carbocycles. The third-order valence-corrected chi connectivity index (χ3v) is 3.41. The van der Waals surface area contributed by atoms with Crippen molar-refractivity contribution in [2.45, 2.75) is 0 Å². The Morgan fingerprint density at radius 1 is 1.26 bits per heavy atom. The second-order valence-electron chi connectivity index (χ2n) is 3.67. The van der Waals surface area contributed by atoms with Gasteiger partial charge in [0.25, 0.3) is 5.56 Å². The fourth-order valence-electron chi connectivity index (χ4n) is 1.54. The Morgan fingerprint density at radius 3 is 2.63 bits per heavy atom. The van der Waals surface area contributed by atoms with Crippen molar-refractivity contribution < 1.29 is 9.90 Å². The lowest BCUT2D eigenvalue weighted by molar-refractivity contribution is 0.0697. The zero-order valence-electron chi connectivity index (χ0n) is 9.35. The molecule has 0 aliphatic rings. The first-order valence-electron chi connectivity index (χ1n) is 5.20. The molecule has 0 aliphatic heterocycles. The fourth-order valence-corrected chi connectivity index (χ4v) is 2.40. The van der Waals surface area contributed by atoms with Gasteiger partial charge in [-0.15, -0.1) is 5.10 Å². The highest BCUT2D eigenvalue weighted by atomic mass is 32.1. The van der Waals surface area contributed by atoms with E-state index in [9.17, 15) is 9.59 Å². The number of benzene rings is 1. The molecule has 1 aromatic carbocycles. The van der Waals surface area contributed by atoms with Crippen LogP contribution in [0, 0.1) is 0 Å². The van der Waals surface area contributed by atoms with Gasteiger partial charge in [0.05, 0.1) is 5.56 Å². The summed E-state index contributed by atoms with van der Waals surface area (Å²) in [7, 11) is 0. The maximum Gasteiger partial charge on any atom is 0.335 e. The van der Waals surface area contributed by atoms with Gasteiger partial charge in [-0.3, -0.25) is 4.79 Å². The fraction of sp³-hybridized carbons (Fsp3) is 0. The number of rotatable bonds is 2. The van der Waals surface area contributed by atoms with Gasteiger partial charge in [0.15, 0.2) is 0 Å². The van der Waals surface area contributed by atoms with E-state index in [1.807, 2.05) is 0 Å². The average molecular weight is 274 g/mol. The van der Waals surface area contributed by atoms with Crippen LogP contribution in [0.15, 0.2) is 35.3 Å². The standard InChI is InChI=1S/C11H6N4O3S/c16-8-5-12-13-11-15(8)14-9(19-11)6-1-3-7(4-2-6)10(17)18/h1-5H,(H,17,18). The molecule has 0 spiro atoms. The zero-order valence-corrected chi connectivity index (χ0v) is 10.2. The van der Waals surface area contributed by atoms with Crippen molar-refractivity contribution in [1.82, 2.24) is 19.8 Å². The van der Waals surface area contributed by atoms with Crippen molar-refractivity contribution in [2.75, 3.05) is 0 Å². The number of aromatic nitrogens is 4. The second kappa shape index (κ2) is 4.25. The molecule has 0 unspecified atom stereocenters. The Balaban J connectivity index is 2.11. The molecule has 94 valence electrons. The molecule has 19 heavy (non-hydrogen) atoms. The summed E-state index contributed by atoms with van der Waals surface area (Å²) in [6.45, 7) is 0. The monoisotopic (exact) mass is 274 g/mol. The average Bonchev–Trinajstić information content (AvgIpc) is 2.84. The van der Waals surface area contributed by atoms with Crippen LogP contribution in [0.3, 0.4) is 0 Å². The van der Waals surface area contributed by atoms with E-state index in [1.165, 1.54) is 23.5 Å². The number of carboxylic acids is 1. The zero-order chi connectivity index (χ0) is 13.4. The van der Waals surface area contributed by atoms with Crippen LogP contribution in [0.25, 0.3) is 15.5 Å². The van der Waals surface area contributed by atoms with Gasteiger partial charge >= 0.3 is 5.97 Å². The van der Waals surface area contributed by atoms with E-state index in [4.69, 9.17) is 5.11 Å². The summed E-state index contributed by atoms with van der Waals surface area (Å²) in [5.41, 5.74) is 0.566. The quantitative estimate of drug-likeness (QED) is 0.746. The molecule has 0 fully saturated rings. The summed E-state index contributed by atoms with van der Waals surface area (Å²) >= 11 is 1.21. The maximum atomic E-state index is 11.5. The molecule has 8 heteroatoms. The molecule has 2 aromatic heterocycles. The Hall–Kier alpha value is -2.61. The Kier molecular flexibility index (Phi) is 2.57. The lowest BCUT2D eigenvalue weighted by Crippen LogP contribution is -2.14. The van der Waals surface area contributed by atoms with Crippen LogP contribution in [0.1, 0.15) is 10.4 Å². The molecule has 0 aliphatic carbocycles. The van der Waals surface area contributed by atoms with E-state index in [0.29, 0.717) is 9.97 Å². The third kappa shape index (κ3) is 1.97. The summed E-state index contributed by atoms with van der Waals surface area (Å²) in [5.74, 6) is -0.988. The minimum absolute atomic E-state index is 0.196. The largest absolute Gasteiger partial charge is 0.478 e.